The first-order valence-electron chi connectivity index (χ1n) is 4.94. The summed E-state index contributed by atoms with van der Waals surface area (Å²) < 4.78 is 0. The molecule has 86 valence electrons. The van der Waals surface area contributed by atoms with E-state index in [4.69, 9.17) is 5.84 Å². The van der Waals surface area contributed by atoms with Crippen LogP contribution < -0.4 is 16.6 Å². The molecule has 6 nitrogen and oxygen atoms in total. The second kappa shape index (κ2) is 5.04. The Labute approximate surface area is 97.9 Å². The molecule has 0 bridgehead atoms. The molecule has 6 heteroatoms. The molecule has 0 aliphatic heterocycles. The first kappa shape index (κ1) is 11.0. The number of carbonyl (C=O) groups excluding carboxylic acids is 1. The van der Waals surface area contributed by atoms with Gasteiger partial charge in [0.15, 0.2) is 5.82 Å². The van der Waals surface area contributed by atoms with Crippen LogP contribution in [0.3, 0.4) is 0 Å². The standard InChI is InChI=1S/C11H11N5O/c12-16-10-7-13-9(6-14-10)11(17)15-8-4-2-1-3-5-8/h1-7H,12H2,(H,14,16)(H,15,17). The van der Waals surface area contributed by atoms with Gasteiger partial charge in [0, 0.05) is 5.69 Å². The van der Waals surface area contributed by atoms with Crippen LogP contribution in [0.25, 0.3) is 0 Å². The predicted molar refractivity (Wildman–Crippen MR) is 64.2 cm³/mol. The van der Waals surface area contributed by atoms with Crippen molar-refractivity contribution in [2.45, 2.75) is 0 Å². The van der Waals surface area contributed by atoms with Gasteiger partial charge in [-0.05, 0) is 12.1 Å². The lowest BCUT2D eigenvalue weighted by molar-refractivity contribution is 0.102. The maximum absolute atomic E-state index is 11.7. The van der Waals surface area contributed by atoms with Crippen molar-refractivity contribution in [3.05, 3.63) is 48.4 Å². The van der Waals surface area contributed by atoms with Gasteiger partial charge in [0.25, 0.3) is 5.91 Å². The average molecular weight is 229 g/mol. The van der Waals surface area contributed by atoms with E-state index in [1.54, 1.807) is 12.1 Å². The van der Waals surface area contributed by atoms with Crippen molar-refractivity contribution in [3.8, 4) is 0 Å². The van der Waals surface area contributed by atoms with Gasteiger partial charge < -0.3 is 10.7 Å². The summed E-state index contributed by atoms with van der Waals surface area (Å²) in [5.41, 5.74) is 3.28. The maximum Gasteiger partial charge on any atom is 0.275 e. The number of anilines is 2. The van der Waals surface area contributed by atoms with Gasteiger partial charge in [-0.2, -0.15) is 0 Å². The van der Waals surface area contributed by atoms with Gasteiger partial charge >= 0.3 is 0 Å². The topological polar surface area (TPSA) is 92.9 Å². The van der Waals surface area contributed by atoms with E-state index in [9.17, 15) is 4.79 Å². The zero-order valence-electron chi connectivity index (χ0n) is 8.92. The molecule has 0 unspecified atom stereocenters. The highest BCUT2D eigenvalue weighted by atomic mass is 16.1. The van der Waals surface area contributed by atoms with Crippen molar-refractivity contribution in [2.75, 3.05) is 10.7 Å². The number of hydrogen-bond donors (Lipinski definition) is 3. The van der Waals surface area contributed by atoms with Crippen LogP contribution in [0.4, 0.5) is 11.5 Å². The van der Waals surface area contributed by atoms with Crippen LogP contribution in [0.15, 0.2) is 42.7 Å². The second-order valence-corrected chi connectivity index (χ2v) is 3.25. The van der Waals surface area contributed by atoms with Crippen LogP contribution in [-0.4, -0.2) is 15.9 Å². The van der Waals surface area contributed by atoms with E-state index in [2.05, 4.69) is 20.7 Å². The van der Waals surface area contributed by atoms with Crippen molar-refractivity contribution < 1.29 is 4.79 Å². The molecular formula is C11H11N5O. The summed E-state index contributed by atoms with van der Waals surface area (Å²) in [6, 6.07) is 9.13. The molecule has 1 heterocycles. The number of para-hydroxylation sites is 1. The Kier molecular flexibility index (Phi) is 3.27. The normalized spacial score (nSPS) is 9.71. The molecular weight excluding hydrogens is 218 g/mol. The molecule has 0 aliphatic carbocycles. The number of carbonyl (C=O) groups is 1. The first-order valence-corrected chi connectivity index (χ1v) is 4.94. The molecule has 2 rings (SSSR count). The minimum absolute atomic E-state index is 0.229. The zero-order valence-corrected chi connectivity index (χ0v) is 8.92. The Morgan fingerprint density at radius 1 is 1.12 bits per heavy atom. The molecule has 17 heavy (non-hydrogen) atoms. The summed E-state index contributed by atoms with van der Waals surface area (Å²) in [6.07, 6.45) is 2.74. The summed E-state index contributed by atoms with van der Waals surface area (Å²) in [7, 11) is 0. The van der Waals surface area contributed by atoms with Gasteiger partial charge in [-0.15, -0.1) is 0 Å². The van der Waals surface area contributed by atoms with Crippen molar-refractivity contribution in [2.24, 2.45) is 5.84 Å². The van der Waals surface area contributed by atoms with Gasteiger partial charge in [0.05, 0.1) is 12.4 Å². The Bertz CT molecular complexity index is 497. The average Bonchev–Trinajstić information content (AvgIpc) is 2.40. The van der Waals surface area contributed by atoms with Crippen molar-refractivity contribution in [1.29, 1.82) is 0 Å². The summed E-state index contributed by atoms with van der Waals surface area (Å²) in [5.74, 6) is 5.24. The summed E-state index contributed by atoms with van der Waals surface area (Å²) in [6.45, 7) is 0. The van der Waals surface area contributed by atoms with Crippen molar-refractivity contribution in [1.82, 2.24) is 9.97 Å². The van der Waals surface area contributed by atoms with Crippen LogP contribution in [0, 0.1) is 0 Å². The molecule has 1 amide bonds. The number of rotatable bonds is 3. The third kappa shape index (κ3) is 2.76. The Morgan fingerprint density at radius 3 is 2.47 bits per heavy atom. The fraction of sp³-hybridized carbons (Fsp3) is 0. The number of hydrogen-bond acceptors (Lipinski definition) is 5. The number of amides is 1. The van der Waals surface area contributed by atoms with Gasteiger partial charge in [-0.1, -0.05) is 18.2 Å². The van der Waals surface area contributed by atoms with E-state index in [0.29, 0.717) is 11.5 Å². The molecule has 4 N–H and O–H groups in total. The van der Waals surface area contributed by atoms with E-state index < -0.39 is 0 Å². The lowest BCUT2D eigenvalue weighted by atomic mass is 10.3. The van der Waals surface area contributed by atoms with Crippen LogP contribution in [-0.2, 0) is 0 Å². The Hall–Kier alpha value is -2.47. The lowest BCUT2D eigenvalue weighted by Crippen LogP contribution is -2.15. The van der Waals surface area contributed by atoms with Gasteiger partial charge in [-0.25, -0.2) is 15.8 Å². The molecule has 0 spiro atoms. The quantitative estimate of drug-likeness (QED) is 0.539. The number of nitrogen functional groups attached to an aromatic ring is 1. The fourth-order valence-corrected chi connectivity index (χ4v) is 1.24. The SMILES string of the molecule is NNc1cnc(C(=O)Nc2ccccc2)cn1. The molecule has 1 aromatic heterocycles. The summed E-state index contributed by atoms with van der Waals surface area (Å²) in [4.78, 5) is 19.6. The van der Waals surface area contributed by atoms with E-state index in [1.807, 2.05) is 18.2 Å². The molecule has 0 atom stereocenters. The summed E-state index contributed by atoms with van der Waals surface area (Å²) in [5, 5.41) is 2.70. The highest BCUT2D eigenvalue weighted by molar-refractivity contribution is 6.02. The highest BCUT2D eigenvalue weighted by Crippen LogP contribution is 2.07. The molecule has 1 aromatic carbocycles. The largest absolute Gasteiger partial charge is 0.321 e. The van der Waals surface area contributed by atoms with Crippen molar-refractivity contribution >= 4 is 17.4 Å². The smallest absolute Gasteiger partial charge is 0.275 e. The lowest BCUT2D eigenvalue weighted by Gasteiger charge is -2.04. The van der Waals surface area contributed by atoms with E-state index in [1.165, 1.54) is 12.4 Å². The van der Waals surface area contributed by atoms with E-state index >= 15 is 0 Å². The van der Waals surface area contributed by atoms with Crippen LogP contribution in [0.5, 0.6) is 0 Å². The number of nitrogens with two attached hydrogens (primary N) is 1. The Balaban J connectivity index is 2.09. The minimum Gasteiger partial charge on any atom is -0.321 e. The third-order valence-corrected chi connectivity index (χ3v) is 2.06. The summed E-state index contributed by atoms with van der Waals surface area (Å²) >= 11 is 0. The monoisotopic (exact) mass is 229 g/mol. The number of nitrogens with zero attached hydrogens (tertiary/aromatic N) is 2. The molecule has 0 saturated carbocycles. The highest BCUT2D eigenvalue weighted by Gasteiger charge is 2.07. The fourth-order valence-electron chi connectivity index (χ4n) is 1.24. The van der Waals surface area contributed by atoms with Gasteiger partial charge in [0.1, 0.15) is 5.69 Å². The molecule has 0 fully saturated rings. The molecule has 0 radical (unpaired) electrons. The maximum atomic E-state index is 11.7. The van der Waals surface area contributed by atoms with E-state index in [-0.39, 0.29) is 11.6 Å². The Morgan fingerprint density at radius 2 is 1.88 bits per heavy atom. The van der Waals surface area contributed by atoms with Crippen LogP contribution in [0.2, 0.25) is 0 Å². The van der Waals surface area contributed by atoms with Crippen molar-refractivity contribution in [3.63, 3.8) is 0 Å². The van der Waals surface area contributed by atoms with Gasteiger partial charge in [-0.3, -0.25) is 4.79 Å². The van der Waals surface area contributed by atoms with Crippen LogP contribution >= 0.6 is 0 Å². The number of benzene rings is 1. The van der Waals surface area contributed by atoms with Gasteiger partial charge in [0.2, 0.25) is 0 Å². The minimum atomic E-state index is -0.313. The second-order valence-electron chi connectivity index (χ2n) is 3.25. The molecule has 0 aliphatic rings. The predicted octanol–water partition coefficient (Wildman–Crippen LogP) is 1.01. The van der Waals surface area contributed by atoms with E-state index in [0.717, 1.165) is 0 Å². The third-order valence-electron chi connectivity index (χ3n) is 2.06. The number of hydrazine groups is 1. The zero-order chi connectivity index (χ0) is 12.1. The molecule has 0 saturated heterocycles. The van der Waals surface area contributed by atoms with Crippen LogP contribution in [0.1, 0.15) is 10.5 Å². The first-order chi connectivity index (χ1) is 8.29. The molecule has 2 aromatic rings. The number of aromatic nitrogens is 2. The number of nitrogens with one attached hydrogen (secondary N) is 2.